The fraction of sp³-hybridized carbons (Fsp3) is 0.304. The van der Waals surface area contributed by atoms with Crippen LogP contribution in [0.4, 0.5) is 0 Å². The predicted octanol–water partition coefficient (Wildman–Crippen LogP) is 4.10. The van der Waals surface area contributed by atoms with Crippen molar-refractivity contribution in [3.8, 4) is 17.0 Å². The monoisotopic (exact) mass is 394 g/mol. The van der Waals surface area contributed by atoms with E-state index >= 15 is 0 Å². The minimum atomic E-state index is -0.839. The molecular formula is C23H26N2O4. The van der Waals surface area contributed by atoms with Crippen molar-refractivity contribution in [3.63, 3.8) is 0 Å². The van der Waals surface area contributed by atoms with Crippen LogP contribution in [0.15, 0.2) is 48.5 Å². The summed E-state index contributed by atoms with van der Waals surface area (Å²) in [7, 11) is 3.37. The number of ether oxygens (including phenoxy) is 1. The van der Waals surface area contributed by atoms with Gasteiger partial charge in [0.05, 0.1) is 7.11 Å². The molecule has 0 aliphatic heterocycles. The topological polar surface area (TPSA) is 82.6 Å². The third kappa shape index (κ3) is 4.96. The first kappa shape index (κ1) is 20.5. The molecule has 0 saturated carbocycles. The molecule has 0 atom stereocenters. The molecule has 3 rings (SSSR count). The van der Waals surface area contributed by atoms with Gasteiger partial charge in [0, 0.05) is 43.0 Å². The minimum absolute atomic E-state index is 0.0151. The van der Waals surface area contributed by atoms with Crippen molar-refractivity contribution in [2.75, 3.05) is 20.7 Å². The number of aromatic amines is 1. The molecule has 3 aromatic rings. The van der Waals surface area contributed by atoms with Gasteiger partial charge in [-0.25, -0.2) is 0 Å². The zero-order valence-corrected chi connectivity index (χ0v) is 16.8. The van der Waals surface area contributed by atoms with Crippen molar-refractivity contribution >= 4 is 22.8 Å². The Morgan fingerprint density at radius 1 is 1.07 bits per heavy atom. The molecule has 0 aliphatic rings. The zero-order chi connectivity index (χ0) is 20.8. The largest absolute Gasteiger partial charge is 0.497 e. The number of para-hydroxylation sites is 1. The Kier molecular flexibility index (Phi) is 6.54. The first-order valence-corrected chi connectivity index (χ1v) is 9.69. The van der Waals surface area contributed by atoms with Gasteiger partial charge in [0.1, 0.15) is 5.75 Å². The summed E-state index contributed by atoms with van der Waals surface area (Å²) in [6.07, 6.45) is 1.51. The molecule has 6 nitrogen and oxygen atoms in total. The number of benzene rings is 2. The molecular weight excluding hydrogens is 368 g/mol. The molecule has 6 heteroatoms. The second-order valence-corrected chi connectivity index (χ2v) is 7.07. The van der Waals surface area contributed by atoms with Gasteiger partial charge < -0.3 is 19.7 Å². The van der Waals surface area contributed by atoms with E-state index in [1.54, 1.807) is 19.1 Å². The van der Waals surface area contributed by atoms with E-state index in [1.807, 2.05) is 42.5 Å². The number of nitrogens with one attached hydrogen (secondary N) is 1. The van der Waals surface area contributed by atoms with E-state index in [0.29, 0.717) is 25.8 Å². The van der Waals surface area contributed by atoms with Crippen molar-refractivity contribution in [1.82, 2.24) is 9.88 Å². The number of methoxy groups -OCH3 is 1. The molecule has 1 heterocycles. The maximum absolute atomic E-state index is 12.5. The maximum atomic E-state index is 12.5. The third-order valence-electron chi connectivity index (χ3n) is 5.09. The molecule has 0 spiro atoms. The van der Waals surface area contributed by atoms with Crippen LogP contribution in [-0.4, -0.2) is 47.6 Å². The molecule has 1 aromatic heterocycles. The number of nitrogens with zero attached hydrogens (tertiary/aromatic N) is 1. The van der Waals surface area contributed by atoms with Crippen LogP contribution in [0.2, 0.25) is 0 Å². The van der Waals surface area contributed by atoms with Crippen molar-refractivity contribution in [2.24, 2.45) is 0 Å². The number of aryl methyl sites for hydroxylation is 1. The molecule has 152 valence electrons. The summed E-state index contributed by atoms with van der Waals surface area (Å²) in [5.41, 5.74) is 4.20. The second kappa shape index (κ2) is 9.28. The summed E-state index contributed by atoms with van der Waals surface area (Å²) >= 11 is 0. The quantitative estimate of drug-likeness (QED) is 0.572. The molecule has 0 radical (unpaired) electrons. The lowest BCUT2D eigenvalue weighted by Gasteiger charge is -2.16. The van der Waals surface area contributed by atoms with Crippen LogP contribution in [0, 0.1) is 0 Å². The molecule has 0 bridgehead atoms. The molecule has 29 heavy (non-hydrogen) atoms. The van der Waals surface area contributed by atoms with Crippen LogP contribution >= 0.6 is 0 Å². The summed E-state index contributed by atoms with van der Waals surface area (Å²) in [5, 5.41) is 9.86. The van der Waals surface area contributed by atoms with Gasteiger partial charge >= 0.3 is 5.97 Å². The second-order valence-electron chi connectivity index (χ2n) is 7.07. The Morgan fingerprint density at radius 3 is 2.48 bits per heavy atom. The van der Waals surface area contributed by atoms with Gasteiger partial charge in [-0.15, -0.1) is 0 Å². The van der Waals surface area contributed by atoms with E-state index in [0.717, 1.165) is 33.5 Å². The summed E-state index contributed by atoms with van der Waals surface area (Å²) in [5.74, 6) is -0.0281. The highest BCUT2D eigenvalue weighted by Gasteiger charge is 2.16. The number of carbonyl (C=O) groups is 2. The van der Waals surface area contributed by atoms with Crippen LogP contribution in [-0.2, 0) is 16.0 Å². The maximum Gasteiger partial charge on any atom is 0.303 e. The van der Waals surface area contributed by atoms with Crippen molar-refractivity contribution in [2.45, 2.75) is 25.7 Å². The number of carboxylic acid groups (broad SMARTS) is 1. The van der Waals surface area contributed by atoms with Crippen molar-refractivity contribution in [1.29, 1.82) is 0 Å². The summed E-state index contributed by atoms with van der Waals surface area (Å²) in [4.78, 5) is 28.3. The van der Waals surface area contributed by atoms with E-state index in [2.05, 4.69) is 11.1 Å². The average molecular weight is 394 g/mol. The fourth-order valence-electron chi connectivity index (χ4n) is 3.48. The molecule has 0 unspecified atom stereocenters. The van der Waals surface area contributed by atoms with Gasteiger partial charge in [0.2, 0.25) is 5.91 Å². The van der Waals surface area contributed by atoms with Crippen LogP contribution in [0.5, 0.6) is 5.75 Å². The predicted molar refractivity (Wildman–Crippen MR) is 113 cm³/mol. The minimum Gasteiger partial charge on any atom is -0.497 e. The molecule has 2 aromatic carbocycles. The van der Waals surface area contributed by atoms with Crippen LogP contribution in [0.3, 0.4) is 0 Å². The Balaban J connectivity index is 1.79. The van der Waals surface area contributed by atoms with Gasteiger partial charge in [-0.2, -0.15) is 0 Å². The molecule has 0 aliphatic carbocycles. The Morgan fingerprint density at radius 2 is 1.79 bits per heavy atom. The average Bonchev–Trinajstić information content (AvgIpc) is 3.10. The number of carbonyl (C=O) groups excluding carboxylic acids is 1. The first-order valence-electron chi connectivity index (χ1n) is 9.69. The van der Waals surface area contributed by atoms with E-state index in [4.69, 9.17) is 9.84 Å². The summed E-state index contributed by atoms with van der Waals surface area (Å²) in [6.45, 7) is 0.449. The molecule has 1 amide bonds. The van der Waals surface area contributed by atoms with E-state index < -0.39 is 5.97 Å². The molecule has 0 fully saturated rings. The Hall–Kier alpha value is -3.28. The molecule has 0 saturated heterocycles. The number of aliphatic carboxylic acids is 1. The number of amides is 1. The lowest BCUT2D eigenvalue weighted by Crippen LogP contribution is -2.28. The Bertz CT molecular complexity index is 992. The smallest absolute Gasteiger partial charge is 0.303 e. The highest BCUT2D eigenvalue weighted by atomic mass is 16.5. The lowest BCUT2D eigenvalue weighted by molar-refractivity contribution is -0.138. The molecule has 2 N–H and O–H groups in total. The Labute approximate surface area is 170 Å². The third-order valence-corrected chi connectivity index (χ3v) is 5.09. The summed E-state index contributed by atoms with van der Waals surface area (Å²) < 4.78 is 5.25. The normalized spacial score (nSPS) is 10.8. The SMILES string of the molecule is COc1ccc(-c2[nH]c3ccccc3c2CCC(=O)N(C)CCCC(=O)O)cc1. The fourth-order valence-corrected chi connectivity index (χ4v) is 3.48. The van der Waals surface area contributed by atoms with Gasteiger partial charge in [0.15, 0.2) is 0 Å². The lowest BCUT2D eigenvalue weighted by atomic mass is 10.0. The van der Waals surface area contributed by atoms with Crippen molar-refractivity contribution < 1.29 is 19.4 Å². The number of aromatic nitrogens is 1. The van der Waals surface area contributed by atoms with Crippen molar-refractivity contribution in [3.05, 3.63) is 54.1 Å². The van der Waals surface area contributed by atoms with E-state index in [9.17, 15) is 9.59 Å². The first-order chi connectivity index (χ1) is 14.0. The van der Waals surface area contributed by atoms with E-state index in [1.165, 1.54) is 0 Å². The van der Waals surface area contributed by atoms with Gasteiger partial charge in [0.25, 0.3) is 0 Å². The highest BCUT2D eigenvalue weighted by molar-refractivity contribution is 5.91. The number of H-pyrrole nitrogens is 1. The van der Waals surface area contributed by atoms with Gasteiger partial charge in [-0.3, -0.25) is 9.59 Å². The zero-order valence-electron chi connectivity index (χ0n) is 16.8. The number of hydrogen-bond donors (Lipinski definition) is 2. The van der Waals surface area contributed by atoms with Crippen LogP contribution in [0.1, 0.15) is 24.8 Å². The van der Waals surface area contributed by atoms with Gasteiger partial charge in [-0.05, 0) is 54.3 Å². The number of rotatable bonds is 9. The highest BCUT2D eigenvalue weighted by Crippen LogP contribution is 2.32. The number of hydrogen-bond acceptors (Lipinski definition) is 3. The number of fused-ring (bicyclic) bond motifs is 1. The standard InChI is InChI=1S/C23H26N2O4/c1-25(15-5-8-22(27)28)21(26)14-13-19-18-6-3-4-7-20(18)24-23(19)16-9-11-17(29-2)12-10-16/h3-4,6-7,9-12,24H,5,8,13-15H2,1-2H3,(H,27,28). The number of carboxylic acids is 1. The van der Waals surface area contributed by atoms with Crippen LogP contribution < -0.4 is 4.74 Å². The summed E-state index contributed by atoms with van der Waals surface area (Å²) in [6, 6.07) is 15.9. The van der Waals surface area contributed by atoms with E-state index in [-0.39, 0.29) is 12.3 Å². The van der Waals surface area contributed by atoms with Crippen LogP contribution in [0.25, 0.3) is 22.2 Å². The van der Waals surface area contributed by atoms with Gasteiger partial charge in [-0.1, -0.05) is 18.2 Å².